The highest BCUT2D eigenvalue weighted by molar-refractivity contribution is 5.99. The summed E-state index contributed by atoms with van der Waals surface area (Å²) in [7, 11) is 3.15. The van der Waals surface area contributed by atoms with Crippen LogP contribution in [0.3, 0.4) is 0 Å². The molecule has 0 bridgehead atoms. The number of aromatic amines is 1. The first-order valence-corrected chi connectivity index (χ1v) is 11.8. The van der Waals surface area contributed by atoms with Crippen molar-refractivity contribution in [2.45, 2.75) is 50.0 Å². The number of halogens is 1. The Balaban J connectivity index is 1.86. The average molecular weight is 480 g/mol. The van der Waals surface area contributed by atoms with Crippen LogP contribution in [0, 0.1) is 5.82 Å². The van der Waals surface area contributed by atoms with E-state index >= 15 is 0 Å². The highest BCUT2D eigenvalue weighted by Gasteiger charge is 2.48. The van der Waals surface area contributed by atoms with Gasteiger partial charge in [-0.15, -0.1) is 0 Å². The van der Waals surface area contributed by atoms with Gasteiger partial charge in [-0.25, -0.2) is 9.18 Å². The van der Waals surface area contributed by atoms with Gasteiger partial charge in [0.05, 0.1) is 23.8 Å². The minimum absolute atomic E-state index is 0.0400. The lowest BCUT2D eigenvalue weighted by Crippen LogP contribution is -2.38. The minimum atomic E-state index is -1.21. The molecule has 1 fully saturated rings. The lowest BCUT2D eigenvalue weighted by atomic mass is 9.81. The second kappa shape index (κ2) is 8.46. The molecule has 5 rings (SSSR count). The maximum Gasteiger partial charge on any atom is 0.335 e. The van der Waals surface area contributed by atoms with Crippen molar-refractivity contribution >= 4 is 27.8 Å². The van der Waals surface area contributed by atoms with E-state index in [0.29, 0.717) is 25.9 Å². The number of nitrogens with zero attached hydrogens (tertiary/aromatic N) is 2. The topological polar surface area (TPSA) is 89.4 Å². The number of H-pyrrole nitrogens is 1. The number of hydrogen-bond acceptors (Lipinski definition) is 4. The van der Waals surface area contributed by atoms with Gasteiger partial charge in [-0.2, -0.15) is 5.10 Å². The van der Waals surface area contributed by atoms with E-state index in [1.54, 1.807) is 25.4 Å². The van der Waals surface area contributed by atoms with Crippen LogP contribution in [0.15, 0.2) is 42.6 Å². The molecule has 2 aromatic heterocycles. The van der Waals surface area contributed by atoms with Crippen LogP contribution < -0.4 is 0 Å². The Hall–Kier alpha value is -3.23. The second-order valence-electron chi connectivity index (χ2n) is 10.2. The molecule has 0 amide bonds. The number of nitrogens with one attached hydrogen (secondary N) is 1. The van der Waals surface area contributed by atoms with E-state index in [-0.39, 0.29) is 11.7 Å². The molecule has 8 heteroatoms. The Morgan fingerprint density at radius 2 is 2.03 bits per heavy atom. The van der Waals surface area contributed by atoms with Gasteiger partial charge in [0.25, 0.3) is 0 Å². The first kappa shape index (κ1) is 23.5. The molecule has 7 nitrogen and oxygen atoms in total. The largest absolute Gasteiger partial charge is 0.479 e. The molecule has 1 aliphatic carbocycles. The van der Waals surface area contributed by atoms with Gasteiger partial charge in [-0.3, -0.25) is 5.10 Å². The number of carboxylic acid groups (broad SMARTS) is 1. The molecule has 0 radical (unpaired) electrons. The van der Waals surface area contributed by atoms with Gasteiger partial charge in [0, 0.05) is 41.8 Å². The van der Waals surface area contributed by atoms with Crippen LogP contribution >= 0.6 is 0 Å². The standard InChI is InChI=1S/C27H30FN3O4/c1-26(2,15-34-3)24-23(16-9-10-27(13-16,35-4)25(32)33)20-12-21-17(14-29-30-21)11-22(20)31(24)19-7-5-18(28)6-8-19/h5-8,11-12,14,16H,9-10,13,15H2,1-4H3,(H,29,30)(H,32,33)/t16?,27-/m0/s1. The van der Waals surface area contributed by atoms with E-state index in [2.05, 4.69) is 40.7 Å². The molecule has 1 unspecified atom stereocenters. The highest BCUT2D eigenvalue weighted by atomic mass is 19.1. The van der Waals surface area contributed by atoms with Crippen molar-refractivity contribution in [1.82, 2.24) is 14.8 Å². The first-order valence-electron chi connectivity index (χ1n) is 11.8. The number of hydrogen-bond donors (Lipinski definition) is 2. The Labute approximate surface area is 202 Å². The molecule has 0 spiro atoms. The highest BCUT2D eigenvalue weighted by Crippen LogP contribution is 2.50. The normalized spacial score (nSPS) is 20.8. The van der Waals surface area contributed by atoms with Crippen LogP contribution in [-0.2, 0) is 19.7 Å². The molecular weight excluding hydrogens is 449 g/mol. The Morgan fingerprint density at radius 1 is 1.29 bits per heavy atom. The van der Waals surface area contributed by atoms with Crippen molar-refractivity contribution in [2.75, 3.05) is 20.8 Å². The van der Waals surface area contributed by atoms with Crippen LogP contribution in [0.2, 0.25) is 0 Å². The van der Waals surface area contributed by atoms with E-state index < -0.39 is 17.0 Å². The van der Waals surface area contributed by atoms with Gasteiger partial charge in [0.15, 0.2) is 5.60 Å². The number of carboxylic acids is 1. The van der Waals surface area contributed by atoms with Crippen molar-refractivity contribution in [1.29, 1.82) is 0 Å². The first-order chi connectivity index (χ1) is 16.7. The number of ether oxygens (including phenoxy) is 2. The number of fused-ring (bicyclic) bond motifs is 2. The van der Waals surface area contributed by atoms with Gasteiger partial charge >= 0.3 is 5.97 Å². The van der Waals surface area contributed by atoms with Crippen LogP contribution in [0.5, 0.6) is 0 Å². The number of aliphatic carboxylic acids is 1. The summed E-state index contributed by atoms with van der Waals surface area (Å²) in [5.41, 5.74) is 3.18. The van der Waals surface area contributed by atoms with E-state index in [0.717, 1.165) is 38.8 Å². The second-order valence-corrected chi connectivity index (χ2v) is 10.2. The lowest BCUT2D eigenvalue weighted by Gasteiger charge is -2.30. The molecule has 0 saturated heterocycles. The van der Waals surface area contributed by atoms with Gasteiger partial charge in [0.1, 0.15) is 5.82 Å². The molecule has 2 atom stereocenters. The molecule has 1 aliphatic rings. The van der Waals surface area contributed by atoms with Crippen molar-refractivity contribution in [3.63, 3.8) is 0 Å². The number of carbonyl (C=O) groups is 1. The Bertz CT molecular complexity index is 1410. The van der Waals surface area contributed by atoms with Crippen LogP contribution in [0.4, 0.5) is 4.39 Å². The summed E-state index contributed by atoms with van der Waals surface area (Å²) in [6, 6.07) is 10.6. The molecule has 35 heavy (non-hydrogen) atoms. The smallest absolute Gasteiger partial charge is 0.335 e. The molecule has 2 N–H and O–H groups in total. The van der Waals surface area contributed by atoms with Gasteiger partial charge in [-0.1, -0.05) is 13.8 Å². The lowest BCUT2D eigenvalue weighted by molar-refractivity contribution is -0.161. The fraction of sp³-hybridized carbons (Fsp3) is 0.407. The Morgan fingerprint density at radius 3 is 2.66 bits per heavy atom. The van der Waals surface area contributed by atoms with Crippen molar-refractivity contribution < 1.29 is 23.8 Å². The van der Waals surface area contributed by atoms with Crippen LogP contribution in [0.25, 0.3) is 27.5 Å². The van der Waals surface area contributed by atoms with E-state index in [1.807, 2.05) is 0 Å². The van der Waals surface area contributed by atoms with Gasteiger partial charge < -0.3 is 19.1 Å². The number of benzene rings is 2. The van der Waals surface area contributed by atoms with E-state index in [4.69, 9.17) is 9.47 Å². The number of rotatable bonds is 7. The SMILES string of the molecule is COCC(C)(C)c1c(C2CC[C@@](OC)(C(=O)O)C2)c2cc3[nH]ncc3cc2n1-c1ccc(F)cc1. The molecular formula is C27H30FN3O4. The fourth-order valence-corrected chi connectivity index (χ4v) is 5.84. The summed E-state index contributed by atoms with van der Waals surface area (Å²) in [5.74, 6) is -1.28. The molecule has 4 aromatic rings. The molecule has 184 valence electrons. The van der Waals surface area contributed by atoms with Crippen molar-refractivity contribution in [3.8, 4) is 5.69 Å². The van der Waals surface area contributed by atoms with Crippen molar-refractivity contribution in [2.24, 2.45) is 0 Å². The zero-order chi connectivity index (χ0) is 25.0. The predicted octanol–water partition coefficient (Wildman–Crippen LogP) is 5.31. The van der Waals surface area contributed by atoms with Crippen LogP contribution in [0.1, 0.15) is 50.3 Å². The van der Waals surface area contributed by atoms with Gasteiger partial charge in [-0.05, 0) is 67.1 Å². The number of aromatic nitrogens is 3. The summed E-state index contributed by atoms with van der Waals surface area (Å²) < 4.78 is 27.3. The zero-order valence-electron chi connectivity index (χ0n) is 20.4. The van der Waals surface area contributed by atoms with E-state index in [1.165, 1.54) is 19.2 Å². The third-order valence-electron chi connectivity index (χ3n) is 7.46. The molecule has 1 saturated carbocycles. The maximum atomic E-state index is 13.9. The third kappa shape index (κ3) is 3.72. The molecule has 2 aromatic carbocycles. The summed E-state index contributed by atoms with van der Waals surface area (Å²) in [5, 5.41) is 19.2. The number of methoxy groups -OCH3 is 2. The predicted molar refractivity (Wildman–Crippen MR) is 132 cm³/mol. The monoisotopic (exact) mass is 479 g/mol. The third-order valence-corrected chi connectivity index (χ3v) is 7.46. The maximum absolute atomic E-state index is 13.9. The summed E-state index contributed by atoms with van der Waals surface area (Å²) in [6.07, 6.45) is 3.27. The molecule has 0 aliphatic heterocycles. The zero-order valence-corrected chi connectivity index (χ0v) is 20.4. The van der Waals surface area contributed by atoms with Gasteiger partial charge in [0.2, 0.25) is 0 Å². The van der Waals surface area contributed by atoms with Crippen molar-refractivity contribution in [3.05, 3.63) is 59.7 Å². The summed E-state index contributed by atoms with van der Waals surface area (Å²) in [6.45, 7) is 4.70. The quantitative estimate of drug-likeness (QED) is 0.375. The van der Waals surface area contributed by atoms with E-state index in [9.17, 15) is 14.3 Å². The summed E-state index contributed by atoms with van der Waals surface area (Å²) in [4.78, 5) is 12.2. The van der Waals surface area contributed by atoms with Crippen LogP contribution in [-0.4, -0.2) is 52.3 Å². The minimum Gasteiger partial charge on any atom is -0.479 e. The Kier molecular flexibility index (Phi) is 5.68. The average Bonchev–Trinajstić information content (AvgIpc) is 3.53. The molecule has 2 heterocycles. The summed E-state index contributed by atoms with van der Waals surface area (Å²) >= 11 is 0. The fourth-order valence-electron chi connectivity index (χ4n) is 5.84.